The molecule has 0 N–H and O–H groups in total. The average Bonchev–Trinajstić information content (AvgIpc) is 2.72. The molecule has 0 saturated heterocycles. The van der Waals surface area contributed by atoms with E-state index in [-0.39, 0.29) is 0 Å². The Morgan fingerprint density at radius 2 is 1.61 bits per heavy atom. The van der Waals surface area contributed by atoms with Gasteiger partial charge in [-0.05, 0) is 34.8 Å². The van der Waals surface area contributed by atoms with Crippen molar-refractivity contribution in [2.24, 2.45) is 0 Å². The Labute approximate surface area is 168 Å². The fraction of sp³-hybridized carbons (Fsp3) is 0.240. The molecule has 0 amide bonds. The summed E-state index contributed by atoms with van der Waals surface area (Å²) in [5, 5.41) is 2.73. The summed E-state index contributed by atoms with van der Waals surface area (Å²) in [6.07, 6.45) is 2.17. The number of carbonyl (C=O) groups excluding carboxylic acids is 1. The Bertz CT molecular complexity index is 953. The van der Waals surface area contributed by atoms with E-state index in [2.05, 4.69) is 61.1 Å². The zero-order valence-electron chi connectivity index (χ0n) is 16.4. The molecule has 3 aromatic carbocycles. The van der Waals surface area contributed by atoms with Gasteiger partial charge in [0.2, 0.25) is 0 Å². The van der Waals surface area contributed by atoms with Crippen molar-refractivity contribution in [3.05, 3.63) is 90.0 Å². The van der Waals surface area contributed by atoms with Crippen LogP contribution in [0.2, 0.25) is 12.6 Å². The molecule has 4 rings (SSSR count). The second kappa shape index (κ2) is 8.15. The molecule has 1 unspecified atom stereocenters. The summed E-state index contributed by atoms with van der Waals surface area (Å²) >= 11 is 0. The van der Waals surface area contributed by atoms with Gasteiger partial charge in [-0.3, -0.25) is 4.79 Å². The number of carbonyl (C=O) groups is 1. The summed E-state index contributed by atoms with van der Waals surface area (Å²) in [6, 6.07) is 28.4. The van der Waals surface area contributed by atoms with Crippen LogP contribution >= 0.6 is 0 Å². The van der Waals surface area contributed by atoms with Crippen LogP contribution < -0.4 is 15.1 Å². The second-order valence-electron chi connectivity index (χ2n) is 7.83. The number of hydrogen-bond acceptors (Lipinski definition) is 2. The van der Waals surface area contributed by atoms with Crippen molar-refractivity contribution in [3.63, 3.8) is 0 Å². The fourth-order valence-corrected chi connectivity index (χ4v) is 8.58. The van der Waals surface area contributed by atoms with Crippen molar-refractivity contribution in [3.8, 4) is 5.75 Å². The summed E-state index contributed by atoms with van der Waals surface area (Å²) in [5.41, 5.74) is 2.32. The molecule has 1 aliphatic heterocycles. The molecule has 0 fully saturated rings. The maximum atomic E-state index is 12.4. The van der Waals surface area contributed by atoms with Crippen LogP contribution in [0, 0.1) is 0 Å². The zero-order chi connectivity index (χ0) is 19.4. The van der Waals surface area contributed by atoms with Crippen LogP contribution in [0.15, 0.2) is 78.9 Å². The molecule has 3 heteroatoms. The van der Waals surface area contributed by atoms with Gasteiger partial charge in [0.1, 0.15) is 26.2 Å². The molecule has 0 aliphatic carbocycles. The van der Waals surface area contributed by atoms with E-state index >= 15 is 0 Å². The number of hydrogen-bond donors (Lipinski definition) is 0. The first kappa shape index (κ1) is 18.7. The van der Waals surface area contributed by atoms with E-state index in [1.54, 1.807) is 0 Å². The molecule has 2 nitrogen and oxygen atoms in total. The fourth-order valence-electron chi connectivity index (χ4n) is 4.37. The number of ketones is 1. The summed E-state index contributed by atoms with van der Waals surface area (Å²) < 4.78 is 6.36. The Hall–Kier alpha value is -2.65. The third-order valence-corrected chi connectivity index (χ3v) is 10.5. The number of benzene rings is 3. The lowest BCUT2D eigenvalue weighted by Gasteiger charge is -2.34. The highest BCUT2D eigenvalue weighted by atomic mass is 28.3. The minimum atomic E-state index is -2.01. The van der Waals surface area contributed by atoms with Gasteiger partial charge < -0.3 is 4.74 Å². The summed E-state index contributed by atoms with van der Waals surface area (Å²) in [6.45, 7) is 2.98. The van der Waals surface area contributed by atoms with Gasteiger partial charge in [0.15, 0.2) is 0 Å². The third-order valence-electron chi connectivity index (χ3n) is 5.83. The lowest BCUT2D eigenvalue weighted by molar-refractivity contribution is -0.118. The van der Waals surface area contributed by atoms with Gasteiger partial charge in [-0.2, -0.15) is 0 Å². The topological polar surface area (TPSA) is 26.3 Å². The predicted octanol–water partition coefficient (Wildman–Crippen LogP) is 4.36. The minimum absolute atomic E-state index is 0.338. The molecule has 28 heavy (non-hydrogen) atoms. The average molecular weight is 387 g/mol. The van der Waals surface area contributed by atoms with Crippen LogP contribution in [0.4, 0.5) is 0 Å². The molecule has 3 aromatic rings. The monoisotopic (exact) mass is 386 g/mol. The molecular formula is C25H26O2Si. The SMILES string of the molecule is C[Si]1(c2ccccc2)CCCC(=O)Cc2cccc(OCc3ccccc3)c21. The summed E-state index contributed by atoms with van der Waals surface area (Å²) in [7, 11) is -2.01. The molecular weight excluding hydrogens is 360 g/mol. The van der Waals surface area contributed by atoms with Crippen LogP contribution in [0.5, 0.6) is 5.75 Å². The van der Waals surface area contributed by atoms with Crippen LogP contribution in [0.25, 0.3) is 0 Å². The first-order valence-corrected chi connectivity index (χ1v) is 12.7. The highest BCUT2D eigenvalue weighted by Crippen LogP contribution is 2.26. The molecule has 1 heterocycles. The Balaban J connectivity index is 1.80. The zero-order valence-corrected chi connectivity index (χ0v) is 17.4. The molecule has 0 spiro atoms. The Kier molecular flexibility index (Phi) is 5.44. The highest BCUT2D eigenvalue weighted by Gasteiger charge is 2.37. The Morgan fingerprint density at radius 1 is 0.893 bits per heavy atom. The molecule has 142 valence electrons. The van der Waals surface area contributed by atoms with Crippen LogP contribution in [0.1, 0.15) is 24.0 Å². The summed E-state index contributed by atoms with van der Waals surface area (Å²) in [4.78, 5) is 12.4. The van der Waals surface area contributed by atoms with Crippen molar-refractivity contribution in [1.82, 2.24) is 0 Å². The lowest BCUT2D eigenvalue weighted by Crippen LogP contribution is -2.57. The van der Waals surface area contributed by atoms with Crippen molar-refractivity contribution in [2.45, 2.75) is 38.5 Å². The van der Waals surface area contributed by atoms with Gasteiger partial charge in [-0.25, -0.2) is 0 Å². The van der Waals surface area contributed by atoms with Gasteiger partial charge in [0.25, 0.3) is 0 Å². The molecule has 1 atom stereocenters. The van der Waals surface area contributed by atoms with E-state index in [9.17, 15) is 4.79 Å². The largest absolute Gasteiger partial charge is 0.489 e. The number of fused-ring (bicyclic) bond motifs is 1. The first-order chi connectivity index (χ1) is 13.7. The quantitative estimate of drug-likeness (QED) is 0.623. The van der Waals surface area contributed by atoms with E-state index in [1.165, 1.54) is 10.4 Å². The van der Waals surface area contributed by atoms with Gasteiger partial charge in [-0.15, -0.1) is 0 Å². The maximum Gasteiger partial charge on any atom is 0.137 e. The van der Waals surface area contributed by atoms with E-state index in [0.29, 0.717) is 25.2 Å². The maximum absolute atomic E-state index is 12.4. The first-order valence-electron chi connectivity index (χ1n) is 10.0. The number of rotatable bonds is 4. The van der Waals surface area contributed by atoms with Crippen LogP contribution in [-0.4, -0.2) is 13.9 Å². The lowest BCUT2D eigenvalue weighted by atomic mass is 10.1. The van der Waals surface area contributed by atoms with Crippen molar-refractivity contribution < 1.29 is 9.53 Å². The standard InChI is InChI=1S/C25H26O2Si/c1-28(23-14-6-3-7-15-23)17-9-13-22(26)18-21-12-8-16-24(25(21)28)27-19-20-10-4-2-5-11-20/h2-8,10-12,14-16H,9,13,17-19H2,1H3. The van der Waals surface area contributed by atoms with Crippen molar-refractivity contribution in [1.29, 1.82) is 0 Å². The van der Waals surface area contributed by atoms with Gasteiger partial charge in [0.05, 0.1) is 0 Å². The third kappa shape index (κ3) is 3.81. The van der Waals surface area contributed by atoms with Crippen molar-refractivity contribution in [2.75, 3.05) is 0 Å². The van der Waals surface area contributed by atoms with Gasteiger partial charge >= 0.3 is 0 Å². The second-order valence-corrected chi connectivity index (χ2v) is 12.1. The van der Waals surface area contributed by atoms with Gasteiger partial charge in [-0.1, -0.05) is 84.5 Å². The molecule has 0 saturated carbocycles. The number of Topliss-reactive ketones (excluding diaryl/α,β-unsaturated/α-hetero) is 1. The molecule has 0 bridgehead atoms. The smallest absolute Gasteiger partial charge is 0.137 e. The minimum Gasteiger partial charge on any atom is -0.489 e. The van der Waals surface area contributed by atoms with E-state index < -0.39 is 8.07 Å². The van der Waals surface area contributed by atoms with Crippen LogP contribution in [0.3, 0.4) is 0 Å². The number of ether oxygens (including phenoxy) is 1. The Morgan fingerprint density at radius 3 is 2.36 bits per heavy atom. The summed E-state index contributed by atoms with van der Waals surface area (Å²) in [5.74, 6) is 1.29. The van der Waals surface area contributed by atoms with Gasteiger partial charge in [0, 0.05) is 12.8 Å². The molecule has 1 aliphatic rings. The van der Waals surface area contributed by atoms with E-state index in [0.717, 1.165) is 29.3 Å². The molecule has 0 radical (unpaired) electrons. The highest BCUT2D eigenvalue weighted by molar-refractivity contribution is 7.02. The van der Waals surface area contributed by atoms with Crippen LogP contribution in [-0.2, 0) is 17.8 Å². The van der Waals surface area contributed by atoms with E-state index in [4.69, 9.17) is 4.74 Å². The van der Waals surface area contributed by atoms with Crippen molar-refractivity contribution >= 4 is 24.2 Å². The predicted molar refractivity (Wildman–Crippen MR) is 117 cm³/mol. The normalized spacial score (nSPS) is 19.4. The van der Waals surface area contributed by atoms with E-state index in [1.807, 2.05) is 24.3 Å². The molecule has 0 aromatic heterocycles.